The highest BCUT2D eigenvalue weighted by Crippen LogP contribution is 2.20. The molecule has 8 heteroatoms. The van der Waals surface area contributed by atoms with Crippen molar-refractivity contribution < 1.29 is 13.2 Å². The molecule has 0 aliphatic rings. The van der Waals surface area contributed by atoms with Crippen LogP contribution in [0.15, 0.2) is 21.7 Å². The second kappa shape index (κ2) is 6.28. The molecule has 0 radical (unpaired) electrons. The Hall–Kier alpha value is -0.960. The van der Waals surface area contributed by atoms with Crippen LogP contribution >= 0.6 is 11.3 Å². The number of thiazole rings is 1. The van der Waals surface area contributed by atoms with Crippen LogP contribution in [0, 0.1) is 6.92 Å². The molecule has 0 amide bonds. The van der Waals surface area contributed by atoms with E-state index in [-0.39, 0.29) is 28.8 Å². The number of aromatic amines is 1. The Labute approximate surface area is 110 Å². The monoisotopic (exact) mass is 292 g/mol. The lowest BCUT2D eigenvalue weighted by molar-refractivity contribution is 0.182. The lowest BCUT2D eigenvalue weighted by Gasteiger charge is -2.19. The number of rotatable bonds is 7. The summed E-state index contributed by atoms with van der Waals surface area (Å²) in [5.41, 5.74) is 0.358. The predicted octanol–water partition coefficient (Wildman–Crippen LogP) is 0.568. The molecule has 0 aromatic carbocycles. The molecular formula is C10H16N2O4S2. The quantitative estimate of drug-likeness (QED) is 0.745. The summed E-state index contributed by atoms with van der Waals surface area (Å²) in [6.45, 7) is 5.77. The number of H-pyrrole nitrogens is 1. The largest absolute Gasteiger partial charge is 0.383 e. The van der Waals surface area contributed by atoms with Gasteiger partial charge < -0.3 is 9.72 Å². The van der Waals surface area contributed by atoms with Crippen molar-refractivity contribution in [1.29, 1.82) is 0 Å². The average Bonchev–Trinajstić information content (AvgIpc) is 2.64. The summed E-state index contributed by atoms with van der Waals surface area (Å²) in [6, 6.07) is 0. The first-order valence-electron chi connectivity index (χ1n) is 5.23. The molecule has 0 aliphatic carbocycles. The highest BCUT2D eigenvalue weighted by Gasteiger charge is 2.27. The average molecular weight is 292 g/mol. The van der Waals surface area contributed by atoms with Crippen molar-refractivity contribution in [3.05, 3.63) is 28.0 Å². The summed E-state index contributed by atoms with van der Waals surface area (Å²) in [5.74, 6) is 0. The van der Waals surface area contributed by atoms with Gasteiger partial charge in [-0.2, -0.15) is 4.31 Å². The van der Waals surface area contributed by atoms with E-state index in [2.05, 4.69) is 11.6 Å². The van der Waals surface area contributed by atoms with E-state index in [0.717, 1.165) is 0 Å². The van der Waals surface area contributed by atoms with Crippen LogP contribution in [0.3, 0.4) is 0 Å². The highest BCUT2D eigenvalue weighted by atomic mass is 32.2. The van der Waals surface area contributed by atoms with Crippen molar-refractivity contribution in [2.45, 2.75) is 11.1 Å². The van der Waals surface area contributed by atoms with Crippen molar-refractivity contribution >= 4 is 21.4 Å². The minimum atomic E-state index is -3.68. The predicted molar refractivity (Wildman–Crippen MR) is 70.5 cm³/mol. The Morgan fingerprint density at radius 1 is 1.56 bits per heavy atom. The molecule has 1 N–H and O–H groups in total. The molecule has 1 heterocycles. The molecule has 0 fully saturated rings. The van der Waals surface area contributed by atoms with Crippen LogP contribution in [0.1, 0.15) is 5.69 Å². The smallest absolute Gasteiger partial charge is 0.305 e. The first kappa shape index (κ1) is 15.1. The molecular weight excluding hydrogens is 276 g/mol. The fourth-order valence-electron chi connectivity index (χ4n) is 1.40. The fourth-order valence-corrected chi connectivity index (χ4v) is 4.23. The Balaban J connectivity index is 3.12. The second-order valence-corrected chi connectivity index (χ2v) is 6.69. The van der Waals surface area contributed by atoms with Gasteiger partial charge in [0, 0.05) is 25.9 Å². The van der Waals surface area contributed by atoms with Crippen LogP contribution in [0.25, 0.3) is 0 Å². The van der Waals surface area contributed by atoms with Crippen molar-refractivity contribution in [2.75, 3.05) is 26.8 Å². The number of nitrogens with zero attached hydrogens (tertiary/aromatic N) is 1. The summed E-state index contributed by atoms with van der Waals surface area (Å²) in [7, 11) is -2.18. The van der Waals surface area contributed by atoms with Crippen molar-refractivity contribution in [3.63, 3.8) is 0 Å². The number of nitrogens with one attached hydrogen (secondary N) is 1. The van der Waals surface area contributed by atoms with Crippen LogP contribution in [0.2, 0.25) is 0 Å². The molecule has 18 heavy (non-hydrogen) atoms. The van der Waals surface area contributed by atoms with E-state index >= 15 is 0 Å². The molecule has 1 aromatic heterocycles. The topological polar surface area (TPSA) is 79.5 Å². The van der Waals surface area contributed by atoms with E-state index in [4.69, 9.17) is 4.74 Å². The molecule has 0 saturated carbocycles. The van der Waals surface area contributed by atoms with Gasteiger partial charge >= 0.3 is 4.87 Å². The van der Waals surface area contributed by atoms with Gasteiger partial charge in [0.05, 0.1) is 6.61 Å². The first-order chi connectivity index (χ1) is 8.43. The summed E-state index contributed by atoms with van der Waals surface area (Å²) >= 11 is 0.693. The molecule has 102 valence electrons. The Morgan fingerprint density at radius 2 is 2.22 bits per heavy atom. The van der Waals surface area contributed by atoms with E-state index in [0.29, 0.717) is 17.0 Å². The lowest BCUT2D eigenvalue weighted by atomic mass is 10.6. The minimum Gasteiger partial charge on any atom is -0.383 e. The van der Waals surface area contributed by atoms with Gasteiger partial charge in [0.15, 0.2) is 4.21 Å². The van der Waals surface area contributed by atoms with E-state index in [9.17, 15) is 13.2 Å². The standard InChI is InChI=1S/C10H16N2O4S2/c1-4-5-12(6-7-16-3)18(14,15)9-8(2)11-10(13)17-9/h4H,1,5-7H2,2-3H3,(H,11,13). The zero-order chi connectivity index (χ0) is 13.8. The van der Waals surface area contributed by atoms with Gasteiger partial charge in [0.25, 0.3) is 10.0 Å². The number of methoxy groups -OCH3 is 1. The van der Waals surface area contributed by atoms with Gasteiger partial charge in [0.1, 0.15) is 0 Å². The van der Waals surface area contributed by atoms with Crippen LogP contribution in [-0.4, -0.2) is 44.5 Å². The second-order valence-electron chi connectivity index (χ2n) is 3.57. The lowest BCUT2D eigenvalue weighted by Crippen LogP contribution is -2.34. The van der Waals surface area contributed by atoms with Crippen LogP contribution in [0.4, 0.5) is 0 Å². The minimum absolute atomic E-state index is 0.0467. The van der Waals surface area contributed by atoms with E-state index < -0.39 is 10.0 Å². The van der Waals surface area contributed by atoms with Crippen molar-refractivity contribution in [3.8, 4) is 0 Å². The third-order valence-corrected chi connectivity index (χ3v) is 5.68. The SMILES string of the molecule is C=CCN(CCOC)S(=O)(=O)c1sc(=O)[nH]c1C. The van der Waals surface area contributed by atoms with Gasteiger partial charge in [0.2, 0.25) is 0 Å². The van der Waals surface area contributed by atoms with Gasteiger partial charge in [-0.3, -0.25) is 4.79 Å². The van der Waals surface area contributed by atoms with Gasteiger partial charge in [-0.1, -0.05) is 17.4 Å². The maximum absolute atomic E-state index is 12.3. The van der Waals surface area contributed by atoms with Crippen LogP contribution in [0.5, 0.6) is 0 Å². The van der Waals surface area contributed by atoms with Crippen molar-refractivity contribution in [1.82, 2.24) is 9.29 Å². The number of ether oxygens (including phenoxy) is 1. The van der Waals surface area contributed by atoms with Gasteiger partial charge in [-0.25, -0.2) is 8.42 Å². The Morgan fingerprint density at radius 3 is 2.67 bits per heavy atom. The van der Waals surface area contributed by atoms with E-state index in [1.807, 2.05) is 0 Å². The zero-order valence-electron chi connectivity index (χ0n) is 10.3. The van der Waals surface area contributed by atoms with Crippen molar-refractivity contribution in [2.24, 2.45) is 0 Å². The molecule has 0 bridgehead atoms. The first-order valence-corrected chi connectivity index (χ1v) is 7.48. The molecule has 0 spiro atoms. The van der Waals surface area contributed by atoms with Crippen LogP contribution in [-0.2, 0) is 14.8 Å². The number of hydrogen-bond acceptors (Lipinski definition) is 5. The molecule has 0 aliphatic heterocycles. The molecule has 0 saturated heterocycles. The summed E-state index contributed by atoms with van der Waals surface area (Å²) in [5, 5.41) is 0. The summed E-state index contributed by atoms with van der Waals surface area (Å²) in [4.78, 5) is 13.3. The Bertz CT molecular complexity index is 559. The molecule has 0 atom stereocenters. The fraction of sp³-hybridized carbons (Fsp3) is 0.500. The molecule has 1 aromatic rings. The van der Waals surface area contributed by atoms with E-state index in [1.165, 1.54) is 17.5 Å². The third-order valence-electron chi connectivity index (χ3n) is 2.23. The maximum Gasteiger partial charge on any atom is 0.305 e. The summed E-state index contributed by atoms with van der Waals surface area (Å²) in [6.07, 6.45) is 1.50. The normalized spacial score (nSPS) is 11.9. The van der Waals surface area contributed by atoms with Gasteiger partial charge in [-0.15, -0.1) is 6.58 Å². The number of sulfonamides is 1. The zero-order valence-corrected chi connectivity index (χ0v) is 11.9. The van der Waals surface area contributed by atoms with Crippen LogP contribution < -0.4 is 4.87 Å². The highest BCUT2D eigenvalue weighted by molar-refractivity contribution is 7.91. The van der Waals surface area contributed by atoms with Gasteiger partial charge in [-0.05, 0) is 6.92 Å². The molecule has 1 rings (SSSR count). The number of hydrogen-bond donors (Lipinski definition) is 1. The third kappa shape index (κ3) is 3.29. The molecule has 0 unspecified atom stereocenters. The van der Waals surface area contributed by atoms with E-state index in [1.54, 1.807) is 6.92 Å². The summed E-state index contributed by atoms with van der Waals surface area (Å²) < 4.78 is 30.8. The number of aromatic nitrogens is 1. The maximum atomic E-state index is 12.3. The Kier molecular flexibility index (Phi) is 5.27. The number of aryl methyl sites for hydroxylation is 1. The molecule has 6 nitrogen and oxygen atoms in total.